The number of nitrogens with zero attached hydrogens (tertiary/aromatic N) is 5. The van der Waals surface area contributed by atoms with Gasteiger partial charge in [0.1, 0.15) is 17.8 Å². The Morgan fingerprint density at radius 2 is 1.78 bits per heavy atom. The summed E-state index contributed by atoms with van der Waals surface area (Å²) in [6.07, 6.45) is -1.65. The van der Waals surface area contributed by atoms with Crippen molar-refractivity contribution in [2.24, 2.45) is 4.99 Å². The molecule has 1 aromatic heterocycles. The average molecular weight is 653 g/mol. The van der Waals surface area contributed by atoms with Gasteiger partial charge in [-0.2, -0.15) is 4.99 Å². The molecule has 1 atom stereocenters. The number of amidine groups is 1. The fourth-order valence-corrected chi connectivity index (χ4v) is 6.07. The number of aromatic nitrogens is 3. The molecule has 1 aliphatic rings. The first-order valence-electron chi connectivity index (χ1n) is 14.9. The van der Waals surface area contributed by atoms with Crippen molar-refractivity contribution in [2.45, 2.75) is 51.9 Å². The van der Waals surface area contributed by atoms with E-state index in [4.69, 9.17) is 4.74 Å². The molecule has 46 heavy (non-hydrogen) atoms. The van der Waals surface area contributed by atoms with Crippen molar-refractivity contribution >= 4 is 28.6 Å². The zero-order valence-electron chi connectivity index (χ0n) is 25.9. The van der Waals surface area contributed by atoms with E-state index in [-0.39, 0.29) is 17.7 Å². The van der Waals surface area contributed by atoms with Crippen LogP contribution in [0.15, 0.2) is 78.0 Å². The molecule has 0 spiro atoms. The second-order valence-corrected chi connectivity index (χ2v) is 12.0. The molecular weight excluding hydrogens is 617 g/mol. The highest BCUT2D eigenvalue weighted by atomic mass is 32.2. The molecule has 242 valence electrons. The molecule has 0 saturated carbocycles. The molecule has 2 heterocycles. The van der Waals surface area contributed by atoms with Crippen LogP contribution < -0.4 is 19.7 Å². The van der Waals surface area contributed by atoms with Crippen LogP contribution in [-0.4, -0.2) is 51.7 Å². The van der Waals surface area contributed by atoms with Gasteiger partial charge in [0.2, 0.25) is 0 Å². The third-order valence-corrected chi connectivity index (χ3v) is 8.50. The van der Waals surface area contributed by atoms with Crippen LogP contribution in [0.2, 0.25) is 0 Å². The summed E-state index contributed by atoms with van der Waals surface area (Å²) < 4.78 is 48.3. The van der Waals surface area contributed by atoms with Gasteiger partial charge in [-0.05, 0) is 60.2 Å². The Balaban J connectivity index is 1.28. The van der Waals surface area contributed by atoms with Gasteiger partial charge in [0.05, 0.1) is 18.8 Å². The van der Waals surface area contributed by atoms with Gasteiger partial charge in [-0.25, -0.2) is 14.5 Å². The first-order chi connectivity index (χ1) is 22.0. The van der Waals surface area contributed by atoms with Crippen molar-refractivity contribution in [3.63, 3.8) is 0 Å². The van der Waals surface area contributed by atoms with E-state index < -0.39 is 12.4 Å². The van der Waals surface area contributed by atoms with E-state index >= 15 is 0 Å². The Labute approximate surface area is 269 Å². The summed E-state index contributed by atoms with van der Waals surface area (Å²) in [5.41, 5.74) is 4.34. The van der Waals surface area contributed by atoms with Crippen molar-refractivity contribution in [1.82, 2.24) is 20.1 Å². The summed E-state index contributed by atoms with van der Waals surface area (Å²) >= 11 is 1.57. The SMILES string of the molecule is CCC(NC(=O)N=C1SCCCN1c1cc(OC)ccc1C(C)C)c1ccc(-c2ncn(-c3ccc(OC(F)(F)F)cc3)n2)cc1. The van der Waals surface area contributed by atoms with Gasteiger partial charge < -0.3 is 19.7 Å². The number of halogens is 3. The molecule has 9 nitrogen and oxygen atoms in total. The number of carbonyl (C=O) groups is 1. The van der Waals surface area contributed by atoms with Gasteiger partial charge in [0.15, 0.2) is 11.0 Å². The number of anilines is 1. The minimum atomic E-state index is -4.76. The second-order valence-electron chi connectivity index (χ2n) is 10.9. The molecule has 4 aromatic rings. The molecule has 13 heteroatoms. The van der Waals surface area contributed by atoms with E-state index in [0.29, 0.717) is 23.1 Å². The lowest BCUT2D eigenvalue weighted by molar-refractivity contribution is -0.274. The lowest BCUT2D eigenvalue weighted by Gasteiger charge is -2.32. The molecule has 5 rings (SSSR count). The van der Waals surface area contributed by atoms with Crippen molar-refractivity contribution in [2.75, 3.05) is 24.3 Å². The Morgan fingerprint density at radius 3 is 2.43 bits per heavy atom. The molecule has 1 N–H and O–H groups in total. The summed E-state index contributed by atoms with van der Waals surface area (Å²) in [5.74, 6) is 2.04. The average Bonchev–Trinajstić information content (AvgIpc) is 3.54. The van der Waals surface area contributed by atoms with Gasteiger partial charge in [0, 0.05) is 29.6 Å². The third kappa shape index (κ3) is 8.00. The maximum Gasteiger partial charge on any atom is 0.573 e. The number of amides is 2. The predicted molar refractivity (Wildman–Crippen MR) is 174 cm³/mol. The number of benzene rings is 3. The van der Waals surface area contributed by atoms with Crippen LogP contribution in [0.1, 0.15) is 56.7 Å². The smallest absolute Gasteiger partial charge is 0.497 e. The van der Waals surface area contributed by atoms with Crippen molar-refractivity contribution in [3.8, 4) is 28.6 Å². The lowest BCUT2D eigenvalue weighted by Crippen LogP contribution is -2.37. The molecule has 0 bridgehead atoms. The fourth-order valence-electron chi connectivity index (χ4n) is 5.12. The van der Waals surface area contributed by atoms with Gasteiger partial charge in [-0.1, -0.05) is 62.9 Å². The van der Waals surface area contributed by atoms with E-state index in [1.807, 2.05) is 43.3 Å². The van der Waals surface area contributed by atoms with Crippen LogP contribution >= 0.6 is 11.8 Å². The van der Waals surface area contributed by atoms with Crippen LogP contribution in [-0.2, 0) is 0 Å². The Kier molecular flexibility index (Phi) is 10.2. The number of nitrogens with one attached hydrogen (secondary N) is 1. The van der Waals surface area contributed by atoms with Gasteiger partial charge in [-0.3, -0.25) is 0 Å². The number of hydrogen-bond acceptors (Lipinski definition) is 6. The monoisotopic (exact) mass is 652 g/mol. The number of rotatable bonds is 9. The molecule has 1 saturated heterocycles. The number of carbonyl (C=O) groups excluding carboxylic acids is 1. The van der Waals surface area contributed by atoms with Crippen LogP contribution in [0.25, 0.3) is 17.1 Å². The normalized spacial score (nSPS) is 15.2. The van der Waals surface area contributed by atoms with Gasteiger partial charge in [-0.15, -0.1) is 18.3 Å². The van der Waals surface area contributed by atoms with Gasteiger partial charge >= 0.3 is 12.4 Å². The second kappa shape index (κ2) is 14.3. The van der Waals surface area contributed by atoms with Crippen LogP contribution in [0.5, 0.6) is 11.5 Å². The predicted octanol–water partition coefficient (Wildman–Crippen LogP) is 8.13. The van der Waals surface area contributed by atoms with Crippen molar-refractivity contribution in [3.05, 3.63) is 84.2 Å². The van der Waals surface area contributed by atoms with E-state index in [2.05, 4.69) is 49.9 Å². The number of thioether (sulfide) groups is 1. The van der Waals surface area contributed by atoms with E-state index in [1.165, 1.54) is 35.3 Å². The Bertz CT molecular complexity index is 1670. The Morgan fingerprint density at radius 1 is 1.07 bits per heavy atom. The lowest BCUT2D eigenvalue weighted by atomic mass is 10.00. The van der Waals surface area contributed by atoms with Crippen LogP contribution in [0, 0.1) is 0 Å². The number of hydrogen-bond donors (Lipinski definition) is 1. The molecule has 0 aliphatic carbocycles. The van der Waals surface area contributed by atoms with E-state index in [9.17, 15) is 18.0 Å². The molecule has 1 fully saturated rings. The van der Waals surface area contributed by atoms with Crippen LogP contribution in [0.3, 0.4) is 0 Å². The van der Waals surface area contributed by atoms with E-state index in [0.717, 1.165) is 46.8 Å². The molecule has 3 aromatic carbocycles. The van der Waals surface area contributed by atoms with Crippen LogP contribution in [0.4, 0.5) is 23.7 Å². The number of alkyl halides is 3. The maximum atomic E-state index is 13.2. The molecule has 1 unspecified atom stereocenters. The fraction of sp³-hybridized carbons (Fsp3) is 0.333. The number of methoxy groups -OCH3 is 1. The Hall–Kier alpha value is -4.52. The number of aliphatic imine (C=N–C) groups is 1. The molecule has 2 amide bonds. The third-order valence-electron chi connectivity index (χ3n) is 7.44. The summed E-state index contributed by atoms with van der Waals surface area (Å²) in [7, 11) is 1.64. The summed E-state index contributed by atoms with van der Waals surface area (Å²) in [5, 5.41) is 8.18. The highest BCUT2D eigenvalue weighted by Gasteiger charge is 2.31. The summed E-state index contributed by atoms with van der Waals surface area (Å²) in [4.78, 5) is 24.2. The maximum absolute atomic E-state index is 13.2. The summed E-state index contributed by atoms with van der Waals surface area (Å²) in [6.45, 7) is 7.03. The first-order valence-corrected chi connectivity index (χ1v) is 15.9. The zero-order valence-corrected chi connectivity index (χ0v) is 26.7. The first kappa shape index (κ1) is 32.9. The van der Waals surface area contributed by atoms with Crippen molar-refractivity contribution < 1.29 is 27.4 Å². The highest BCUT2D eigenvalue weighted by Crippen LogP contribution is 2.35. The molecule has 1 aliphatic heterocycles. The molecule has 0 radical (unpaired) electrons. The highest BCUT2D eigenvalue weighted by molar-refractivity contribution is 8.14. The minimum absolute atomic E-state index is 0.265. The van der Waals surface area contributed by atoms with Gasteiger partial charge in [0.25, 0.3) is 0 Å². The summed E-state index contributed by atoms with van der Waals surface area (Å²) in [6, 6.07) is 18.3. The molecular formula is C33H35F3N6O3S. The zero-order chi connectivity index (χ0) is 32.8. The largest absolute Gasteiger partial charge is 0.573 e. The topological polar surface area (TPSA) is 93.9 Å². The standard InChI is InChI=1S/C33H35F3N6O3S/c1-5-28(38-31(43)39-32-41(17-6-18-46-32)29-19-26(44-4)15-16-27(29)21(2)3)22-7-9-23(10-8-22)30-37-20-42(40-30)24-11-13-25(14-12-24)45-33(34,35)36/h7-16,19-21,28H,5-6,17-18H2,1-4H3,(H,38,43). The number of urea groups is 1. The van der Waals surface area contributed by atoms with Crippen molar-refractivity contribution in [1.29, 1.82) is 0 Å². The minimum Gasteiger partial charge on any atom is -0.497 e. The number of ether oxygens (including phenoxy) is 2. The van der Waals surface area contributed by atoms with E-state index in [1.54, 1.807) is 18.9 Å². The quantitative estimate of drug-likeness (QED) is 0.195.